The topological polar surface area (TPSA) is 15.3 Å². The van der Waals surface area contributed by atoms with Gasteiger partial charge in [0.2, 0.25) is 0 Å². The molecule has 0 aliphatic heterocycles. The molecule has 0 amide bonds. The molecule has 1 N–H and O–H groups in total. The van der Waals surface area contributed by atoms with E-state index in [-0.39, 0.29) is 18.4 Å². The van der Waals surface area contributed by atoms with Crippen LogP contribution >= 0.6 is 0 Å². The molecule has 0 aliphatic rings. The summed E-state index contributed by atoms with van der Waals surface area (Å²) in [4.78, 5) is 1.22. The fraction of sp³-hybridized carbons (Fsp3) is 0.571. The van der Waals surface area contributed by atoms with E-state index in [0.29, 0.717) is 12.0 Å². The van der Waals surface area contributed by atoms with Gasteiger partial charge in [-0.1, -0.05) is 12.1 Å². The zero-order valence-corrected chi connectivity index (χ0v) is 11.9. The second-order valence-electron chi connectivity index (χ2n) is 4.99. The van der Waals surface area contributed by atoms with Crippen LogP contribution < -0.4 is 5.32 Å². The van der Waals surface area contributed by atoms with Gasteiger partial charge in [0.25, 0.3) is 0 Å². The zero-order valence-electron chi connectivity index (χ0n) is 11.9. The van der Waals surface area contributed by atoms with Crippen molar-refractivity contribution in [2.75, 3.05) is 27.2 Å². The van der Waals surface area contributed by atoms with E-state index in [0.717, 1.165) is 5.56 Å². The maximum Gasteiger partial charge on any atom is 0.401 e. The Morgan fingerprint density at radius 1 is 1.30 bits per heavy atom. The maximum atomic E-state index is 13.5. The minimum absolute atomic E-state index is 0.166. The summed E-state index contributed by atoms with van der Waals surface area (Å²) < 4.78 is 50.2. The molecule has 6 heteroatoms. The van der Waals surface area contributed by atoms with Crippen molar-refractivity contribution in [2.24, 2.45) is 0 Å². The van der Waals surface area contributed by atoms with Crippen molar-refractivity contribution in [2.45, 2.75) is 25.6 Å². The van der Waals surface area contributed by atoms with Crippen molar-refractivity contribution >= 4 is 0 Å². The van der Waals surface area contributed by atoms with Crippen LogP contribution in [0.25, 0.3) is 0 Å². The average molecular weight is 292 g/mol. The third kappa shape index (κ3) is 5.46. The lowest BCUT2D eigenvalue weighted by Crippen LogP contribution is -2.33. The van der Waals surface area contributed by atoms with Crippen molar-refractivity contribution in [1.29, 1.82) is 0 Å². The molecule has 1 aromatic rings. The molecule has 0 aromatic heterocycles. The molecule has 114 valence electrons. The monoisotopic (exact) mass is 292 g/mol. The smallest absolute Gasteiger partial charge is 0.313 e. The fourth-order valence-corrected chi connectivity index (χ4v) is 2.04. The van der Waals surface area contributed by atoms with Crippen LogP contribution in [0.2, 0.25) is 0 Å². The van der Waals surface area contributed by atoms with Gasteiger partial charge in [0.05, 0.1) is 6.54 Å². The zero-order chi connectivity index (χ0) is 15.3. The van der Waals surface area contributed by atoms with Crippen LogP contribution in [0.1, 0.15) is 23.6 Å². The van der Waals surface area contributed by atoms with Gasteiger partial charge in [-0.15, -0.1) is 0 Å². The van der Waals surface area contributed by atoms with Crippen LogP contribution in [0.5, 0.6) is 0 Å². The van der Waals surface area contributed by atoms with E-state index in [9.17, 15) is 17.6 Å². The van der Waals surface area contributed by atoms with Crippen LogP contribution in [0.4, 0.5) is 17.6 Å². The van der Waals surface area contributed by atoms with Gasteiger partial charge in [-0.3, -0.25) is 4.90 Å². The van der Waals surface area contributed by atoms with Crippen LogP contribution in [0.15, 0.2) is 18.2 Å². The second kappa shape index (κ2) is 7.04. The Labute approximate surface area is 116 Å². The molecule has 1 aromatic carbocycles. The fourth-order valence-electron chi connectivity index (χ4n) is 2.04. The van der Waals surface area contributed by atoms with E-state index in [1.54, 1.807) is 26.1 Å². The molecule has 0 bridgehead atoms. The standard InChI is InChI=1S/C14H20F4N2/c1-10-4-5-11(8-12(10)15)13(19-2)6-7-20(3)9-14(16,17)18/h4-5,8,13,19H,6-7,9H2,1-3H3. The number of alkyl halides is 3. The summed E-state index contributed by atoms with van der Waals surface area (Å²) in [5.41, 5.74) is 1.30. The number of hydrogen-bond donors (Lipinski definition) is 1. The van der Waals surface area contributed by atoms with Crippen molar-refractivity contribution in [3.63, 3.8) is 0 Å². The van der Waals surface area contributed by atoms with Gasteiger partial charge < -0.3 is 5.32 Å². The number of halogens is 4. The van der Waals surface area contributed by atoms with Crippen LogP contribution in [0, 0.1) is 12.7 Å². The van der Waals surface area contributed by atoms with Crippen molar-refractivity contribution in [3.05, 3.63) is 35.1 Å². The summed E-state index contributed by atoms with van der Waals surface area (Å²) in [5.74, 6) is -0.300. The van der Waals surface area contributed by atoms with Gasteiger partial charge >= 0.3 is 6.18 Å². The van der Waals surface area contributed by atoms with E-state index >= 15 is 0 Å². The lowest BCUT2D eigenvalue weighted by atomic mass is 10.0. The Morgan fingerprint density at radius 2 is 1.95 bits per heavy atom. The minimum atomic E-state index is -4.19. The summed E-state index contributed by atoms with van der Waals surface area (Å²) in [7, 11) is 3.14. The Morgan fingerprint density at radius 3 is 2.45 bits per heavy atom. The molecule has 1 atom stereocenters. The highest BCUT2D eigenvalue weighted by Gasteiger charge is 2.29. The summed E-state index contributed by atoms with van der Waals surface area (Å²) in [6.07, 6.45) is -3.72. The van der Waals surface area contributed by atoms with E-state index in [1.165, 1.54) is 18.0 Å². The number of nitrogens with one attached hydrogen (secondary N) is 1. The molecular formula is C14H20F4N2. The average Bonchev–Trinajstić information content (AvgIpc) is 2.32. The number of hydrogen-bond acceptors (Lipinski definition) is 2. The summed E-state index contributed by atoms with van der Waals surface area (Å²) >= 11 is 0. The van der Waals surface area contributed by atoms with Gasteiger partial charge in [-0.05, 0) is 51.2 Å². The van der Waals surface area contributed by atoms with Crippen LogP contribution in [-0.2, 0) is 0 Å². The van der Waals surface area contributed by atoms with E-state index < -0.39 is 12.7 Å². The molecule has 0 aliphatic carbocycles. The van der Waals surface area contributed by atoms with Crippen LogP contribution in [-0.4, -0.2) is 38.3 Å². The number of nitrogens with zero attached hydrogens (tertiary/aromatic N) is 1. The normalized spacial score (nSPS) is 13.8. The minimum Gasteiger partial charge on any atom is -0.313 e. The SMILES string of the molecule is CNC(CCN(C)CC(F)(F)F)c1ccc(C)c(F)c1. The maximum absolute atomic E-state index is 13.5. The number of rotatable bonds is 6. The highest BCUT2D eigenvalue weighted by atomic mass is 19.4. The first-order valence-corrected chi connectivity index (χ1v) is 6.41. The van der Waals surface area contributed by atoms with Gasteiger partial charge in [0.15, 0.2) is 0 Å². The van der Waals surface area contributed by atoms with Crippen molar-refractivity contribution in [3.8, 4) is 0 Å². The third-order valence-corrected chi connectivity index (χ3v) is 3.20. The quantitative estimate of drug-likeness (QED) is 0.810. The number of aryl methyl sites for hydroxylation is 1. The predicted molar refractivity (Wildman–Crippen MR) is 71.1 cm³/mol. The first kappa shape index (κ1) is 16.9. The lowest BCUT2D eigenvalue weighted by molar-refractivity contribution is -0.143. The Kier molecular flexibility index (Phi) is 5.95. The number of benzene rings is 1. The molecule has 1 unspecified atom stereocenters. The van der Waals surface area contributed by atoms with Gasteiger partial charge in [0, 0.05) is 6.04 Å². The lowest BCUT2D eigenvalue weighted by Gasteiger charge is -2.22. The van der Waals surface area contributed by atoms with Gasteiger partial charge in [-0.25, -0.2) is 4.39 Å². The first-order valence-electron chi connectivity index (χ1n) is 6.41. The molecule has 20 heavy (non-hydrogen) atoms. The van der Waals surface area contributed by atoms with E-state index in [2.05, 4.69) is 5.32 Å². The van der Waals surface area contributed by atoms with Gasteiger partial charge in [-0.2, -0.15) is 13.2 Å². The molecule has 0 fully saturated rings. The summed E-state index contributed by atoms with van der Waals surface area (Å²) in [5, 5.41) is 3.01. The van der Waals surface area contributed by atoms with Crippen molar-refractivity contribution < 1.29 is 17.6 Å². The molecule has 0 radical (unpaired) electrons. The molecule has 2 nitrogen and oxygen atoms in total. The van der Waals surface area contributed by atoms with E-state index in [1.807, 2.05) is 0 Å². The Balaban J connectivity index is 2.61. The molecule has 1 rings (SSSR count). The predicted octanol–water partition coefficient (Wildman–Crippen LogP) is 3.28. The molecule has 0 saturated heterocycles. The highest BCUT2D eigenvalue weighted by Crippen LogP contribution is 2.21. The second-order valence-corrected chi connectivity index (χ2v) is 4.99. The Hall–Kier alpha value is -1.14. The summed E-state index contributed by atoms with van der Waals surface area (Å²) in [6, 6.07) is 4.73. The van der Waals surface area contributed by atoms with Gasteiger partial charge in [0.1, 0.15) is 5.82 Å². The molecular weight excluding hydrogens is 272 g/mol. The first-order chi connectivity index (χ1) is 9.23. The largest absolute Gasteiger partial charge is 0.401 e. The Bertz CT molecular complexity index is 432. The molecule has 0 spiro atoms. The van der Waals surface area contributed by atoms with Crippen molar-refractivity contribution in [1.82, 2.24) is 10.2 Å². The van der Waals surface area contributed by atoms with E-state index in [4.69, 9.17) is 0 Å². The third-order valence-electron chi connectivity index (χ3n) is 3.20. The highest BCUT2D eigenvalue weighted by molar-refractivity contribution is 5.25. The summed E-state index contributed by atoms with van der Waals surface area (Å²) in [6.45, 7) is 1.01. The molecule has 0 saturated carbocycles. The van der Waals surface area contributed by atoms with Crippen LogP contribution in [0.3, 0.4) is 0 Å². The molecule has 0 heterocycles.